The summed E-state index contributed by atoms with van der Waals surface area (Å²) in [4.78, 5) is 0. The van der Waals surface area contributed by atoms with Gasteiger partial charge in [0.25, 0.3) is 0 Å². The topological polar surface area (TPSA) is 71.6 Å². The summed E-state index contributed by atoms with van der Waals surface area (Å²) in [6.45, 7) is 0. The maximum atomic E-state index is 8.70. The van der Waals surface area contributed by atoms with E-state index < -0.39 is 0 Å². The lowest BCUT2D eigenvalue weighted by molar-refractivity contribution is 0.987. The van der Waals surface area contributed by atoms with E-state index in [2.05, 4.69) is 10.6 Å². The molecule has 0 aliphatic rings. The van der Waals surface area contributed by atoms with Crippen LogP contribution in [0.5, 0.6) is 0 Å². The molecule has 0 aliphatic carbocycles. The largest absolute Gasteiger partial charge is 0.373 e. The Balaban J connectivity index is 2.95. The second-order valence-electron chi connectivity index (χ2n) is 2.71. The number of benzene rings is 1. The Bertz CT molecular complexity index is 418. The molecule has 0 aromatic heterocycles. The van der Waals surface area contributed by atoms with Crippen LogP contribution in [0.1, 0.15) is 0 Å². The molecule has 0 amide bonds. The molecule has 0 bridgehead atoms. The van der Waals surface area contributed by atoms with E-state index in [4.69, 9.17) is 10.5 Å². The molecule has 0 fully saturated rings. The molecule has 4 nitrogen and oxygen atoms in total. The van der Waals surface area contributed by atoms with Crippen LogP contribution in [-0.2, 0) is 0 Å². The van der Waals surface area contributed by atoms with Crippen LogP contribution in [0.4, 0.5) is 5.69 Å². The van der Waals surface area contributed by atoms with Crippen molar-refractivity contribution >= 4 is 5.69 Å². The van der Waals surface area contributed by atoms with Gasteiger partial charge in [-0.15, -0.1) is 0 Å². The van der Waals surface area contributed by atoms with Gasteiger partial charge in [-0.1, -0.05) is 18.2 Å². The average molecular weight is 198 g/mol. The molecule has 1 aromatic rings. The minimum absolute atomic E-state index is 0.0290. The molecule has 0 saturated carbocycles. The van der Waals surface area contributed by atoms with Crippen LogP contribution < -0.4 is 10.6 Å². The van der Waals surface area contributed by atoms with Crippen molar-refractivity contribution in [3.8, 4) is 12.1 Å². The predicted octanol–water partition coefficient (Wildman–Crippen LogP) is 1.58. The molecule has 0 heterocycles. The molecule has 0 saturated heterocycles. The number of hydrogen-bond acceptors (Lipinski definition) is 4. The third-order valence-electron chi connectivity index (χ3n) is 1.77. The minimum Gasteiger partial charge on any atom is -0.373 e. The number of allylic oxidation sites excluding steroid dienone is 1. The quantitative estimate of drug-likeness (QED) is 0.723. The molecule has 15 heavy (non-hydrogen) atoms. The first-order chi connectivity index (χ1) is 7.31. The van der Waals surface area contributed by atoms with E-state index in [1.54, 1.807) is 7.05 Å². The summed E-state index contributed by atoms with van der Waals surface area (Å²) < 4.78 is 0. The van der Waals surface area contributed by atoms with Crippen molar-refractivity contribution < 1.29 is 0 Å². The number of nitrogens with one attached hydrogen (secondary N) is 2. The Labute approximate surface area is 88.5 Å². The molecule has 0 radical (unpaired) electrons. The highest BCUT2D eigenvalue weighted by atomic mass is 15.1. The highest BCUT2D eigenvalue weighted by molar-refractivity contribution is 5.52. The minimum atomic E-state index is 0.0290. The smallest absolute Gasteiger partial charge is 0.169 e. The standard InChI is InChI=1S/C11H10N4/c1-14-11(9(7-12)8-13)15-10-5-3-2-4-6-10/h2-6,14-15H,1H3. The van der Waals surface area contributed by atoms with Crippen molar-refractivity contribution in [2.24, 2.45) is 0 Å². The van der Waals surface area contributed by atoms with Crippen molar-refractivity contribution in [2.75, 3.05) is 12.4 Å². The third-order valence-corrected chi connectivity index (χ3v) is 1.77. The van der Waals surface area contributed by atoms with Gasteiger partial charge in [-0.25, -0.2) is 0 Å². The van der Waals surface area contributed by atoms with E-state index in [1.165, 1.54) is 0 Å². The SMILES string of the molecule is CNC(Nc1ccccc1)=C(C#N)C#N. The summed E-state index contributed by atoms with van der Waals surface area (Å²) >= 11 is 0. The van der Waals surface area contributed by atoms with Crippen LogP contribution in [0.15, 0.2) is 41.7 Å². The summed E-state index contributed by atoms with van der Waals surface area (Å²) in [6, 6.07) is 13.0. The molecular formula is C11H10N4. The van der Waals surface area contributed by atoms with Gasteiger partial charge in [0.2, 0.25) is 0 Å². The first-order valence-electron chi connectivity index (χ1n) is 4.36. The lowest BCUT2D eigenvalue weighted by atomic mass is 10.3. The van der Waals surface area contributed by atoms with E-state index in [9.17, 15) is 0 Å². The summed E-state index contributed by atoms with van der Waals surface area (Å²) in [5.41, 5.74) is 0.853. The van der Waals surface area contributed by atoms with Gasteiger partial charge in [0.1, 0.15) is 18.0 Å². The number of nitrogens with zero attached hydrogens (tertiary/aromatic N) is 2. The second kappa shape index (κ2) is 5.31. The van der Waals surface area contributed by atoms with Crippen LogP contribution in [0.3, 0.4) is 0 Å². The summed E-state index contributed by atoms with van der Waals surface area (Å²) in [5, 5.41) is 23.1. The van der Waals surface area contributed by atoms with E-state index in [0.29, 0.717) is 5.82 Å². The lowest BCUT2D eigenvalue weighted by Gasteiger charge is -2.09. The Morgan fingerprint density at radius 2 is 1.73 bits per heavy atom. The average Bonchev–Trinajstić information content (AvgIpc) is 2.30. The van der Waals surface area contributed by atoms with Gasteiger partial charge in [-0.2, -0.15) is 10.5 Å². The van der Waals surface area contributed by atoms with Gasteiger partial charge in [-0.3, -0.25) is 0 Å². The molecule has 0 spiro atoms. The first-order valence-corrected chi connectivity index (χ1v) is 4.36. The van der Waals surface area contributed by atoms with Gasteiger partial charge < -0.3 is 10.6 Å². The Kier molecular flexibility index (Phi) is 3.76. The third kappa shape index (κ3) is 2.75. The van der Waals surface area contributed by atoms with Crippen molar-refractivity contribution in [3.63, 3.8) is 0 Å². The van der Waals surface area contributed by atoms with Gasteiger partial charge in [0, 0.05) is 12.7 Å². The molecule has 0 atom stereocenters. The Morgan fingerprint density at radius 3 is 2.20 bits per heavy atom. The Hall–Kier alpha value is -2.46. The number of para-hydroxylation sites is 1. The van der Waals surface area contributed by atoms with Crippen LogP contribution in [0.2, 0.25) is 0 Å². The van der Waals surface area contributed by atoms with Crippen molar-refractivity contribution in [2.45, 2.75) is 0 Å². The van der Waals surface area contributed by atoms with E-state index in [1.807, 2.05) is 42.5 Å². The van der Waals surface area contributed by atoms with E-state index in [0.717, 1.165) is 5.69 Å². The summed E-state index contributed by atoms with van der Waals surface area (Å²) in [5.74, 6) is 0.409. The molecule has 0 unspecified atom stereocenters. The zero-order valence-electron chi connectivity index (χ0n) is 8.28. The molecule has 2 N–H and O–H groups in total. The van der Waals surface area contributed by atoms with Crippen molar-refractivity contribution in [1.29, 1.82) is 10.5 Å². The zero-order chi connectivity index (χ0) is 11.1. The fourth-order valence-corrected chi connectivity index (χ4v) is 1.05. The van der Waals surface area contributed by atoms with E-state index >= 15 is 0 Å². The predicted molar refractivity (Wildman–Crippen MR) is 57.4 cm³/mol. The fraction of sp³-hybridized carbons (Fsp3) is 0.0909. The molecule has 74 valence electrons. The van der Waals surface area contributed by atoms with E-state index in [-0.39, 0.29) is 5.57 Å². The highest BCUT2D eigenvalue weighted by Gasteiger charge is 2.03. The van der Waals surface area contributed by atoms with Crippen LogP contribution in [0, 0.1) is 22.7 Å². The number of rotatable bonds is 3. The van der Waals surface area contributed by atoms with Crippen LogP contribution in [-0.4, -0.2) is 7.05 Å². The Morgan fingerprint density at radius 1 is 1.13 bits per heavy atom. The monoisotopic (exact) mass is 198 g/mol. The first kappa shape index (κ1) is 10.6. The number of nitriles is 2. The fourth-order valence-electron chi connectivity index (χ4n) is 1.05. The number of anilines is 1. The van der Waals surface area contributed by atoms with Crippen molar-refractivity contribution in [1.82, 2.24) is 5.32 Å². The molecular weight excluding hydrogens is 188 g/mol. The van der Waals surface area contributed by atoms with Crippen LogP contribution >= 0.6 is 0 Å². The number of hydrogen-bond donors (Lipinski definition) is 2. The summed E-state index contributed by atoms with van der Waals surface area (Å²) in [7, 11) is 1.65. The summed E-state index contributed by atoms with van der Waals surface area (Å²) in [6.07, 6.45) is 0. The van der Waals surface area contributed by atoms with Crippen LogP contribution in [0.25, 0.3) is 0 Å². The highest BCUT2D eigenvalue weighted by Crippen LogP contribution is 2.09. The van der Waals surface area contributed by atoms with Gasteiger partial charge in [0.15, 0.2) is 5.57 Å². The molecule has 1 rings (SSSR count). The van der Waals surface area contributed by atoms with Gasteiger partial charge in [0.05, 0.1) is 0 Å². The van der Waals surface area contributed by atoms with Gasteiger partial charge in [-0.05, 0) is 12.1 Å². The molecule has 0 aliphatic heterocycles. The maximum Gasteiger partial charge on any atom is 0.169 e. The lowest BCUT2D eigenvalue weighted by Crippen LogP contribution is -2.16. The normalized spacial score (nSPS) is 8.20. The van der Waals surface area contributed by atoms with Gasteiger partial charge >= 0.3 is 0 Å². The molecule has 1 aromatic carbocycles. The second-order valence-corrected chi connectivity index (χ2v) is 2.71. The maximum absolute atomic E-state index is 8.70. The zero-order valence-corrected chi connectivity index (χ0v) is 8.28. The van der Waals surface area contributed by atoms with Crippen molar-refractivity contribution in [3.05, 3.63) is 41.7 Å². The molecule has 4 heteroatoms.